The molecule has 0 radical (unpaired) electrons. The Labute approximate surface area is 159 Å². The monoisotopic (exact) mass is 373 g/mol. The summed E-state index contributed by atoms with van der Waals surface area (Å²) in [4.78, 5) is 21.0. The van der Waals surface area contributed by atoms with E-state index in [-0.39, 0.29) is 11.8 Å². The highest BCUT2D eigenvalue weighted by Gasteiger charge is 2.29. The van der Waals surface area contributed by atoms with E-state index < -0.39 is 6.04 Å². The molecule has 3 rings (SSSR count). The van der Waals surface area contributed by atoms with Crippen LogP contribution in [-0.4, -0.2) is 22.5 Å². The van der Waals surface area contributed by atoms with Crippen molar-refractivity contribution >= 4 is 17.5 Å². The lowest BCUT2D eigenvalue weighted by Crippen LogP contribution is -2.37. The summed E-state index contributed by atoms with van der Waals surface area (Å²) >= 11 is 6.27. The number of rotatable bonds is 8. The predicted molar refractivity (Wildman–Crippen MR) is 101 cm³/mol. The van der Waals surface area contributed by atoms with Crippen LogP contribution in [0.15, 0.2) is 36.7 Å². The molecule has 1 atom stereocenters. The first-order valence-corrected chi connectivity index (χ1v) is 9.56. The highest BCUT2D eigenvalue weighted by Crippen LogP contribution is 2.31. The fraction of sp³-hybridized carbons (Fsp3) is 0.450. The molecule has 1 aliphatic rings. The zero-order valence-electron chi connectivity index (χ0n) is 15.0. The van der Waals surface area contributed by atoms with Gasteiger partial charge < -0.3 is 10.1 Å². The molecule has 138 valence electrons. The van der Waals surface area contributed by atoms with Crippen LogP contribution >= 0.6 is 11.6 Å². The number of carbonyl (C=O) groups is 1. The summed E-state index contributed by atoms with van der Waals surface area (Å²) in [6.07, 6.45) is 8.19. The van der Waals surface area contributed by atoms with E-state index in [0.29, 0.717) is 17.5 Å². The lowest BCUT2D eigenvalue weighted by molar-refractivity contribution is -0.127. The van der Waals surface area contributed by atoms with Gasteiger partial charge in [0.25, 0.3) is 0 Å². The maximum atomic E-state index is 12.6. The Kier molecular flexibility index (Phi) is 6.45. The van der Waals surface area contributed by atoms with Crippen LogP contribution in [0.4, 0.5) is 0 Å². The lowest BCUT2D eigenvalue weighted by Gasteiger charge is -2.27. The fourth-order valence-electron chi connectivity index (χ4n) is 2.88. The smallest absolute Gasteiger partial charge is 0.223 e. The first-order chi connectivity index (χ1) is 12.7. The molecule has 1 aromatic heterocycles. The fourth-order valence-corrected chi connectivity index (χ4v) is 3.10. The average Bonchev–Trinajstić information content (AvgIpc) is 2.59. The number of nitrogens with zero attached hydrogens (tertiary/aromatic N) is 2. The van der Waals surface area contributed by atoms with Gasteiger partial charge in [-0.25, -0.2) is 4.98 Å². The van der Waals surface area contributed by atoms with Crippen LogP contribution < -0.4 is 10.1 Å². The van der Waals surface area contributed by atoms with Crippen LogP contribution in [0.25, 0.3) is 0 Å². The molecule has 1 N–H and O–H groups in total. The van der Waals surface area contributed by atoms with Crippen molar-refractivity contribution in [3.05, 3.63) is 53.1 Å². The summed E-state index contributed by atoms with van der Waals surface area (Å²) in [7, 11) is 0. The van der Waals surface area contributed by atoms with Gasteiger partial charge in [-0.1, -0.05) is 43.5 Å². The van der Waals surface area contributed by atoms with Gasteiger partial charge in [0.1, 0.15) is 11.4 Å². The van der Waals surface area contributed by atoms with Crippen molar-refractivity contribution in [3.63, 3.8) is 0 Å². The number of benzene rings is 1. The third kappa shape index (κ3) is 4.52. The Balaban J connectivity index is 1.86. The second kappa shape index (κ2) is 8.99. The maximum Gasteiger partial charge on any atom is 0.223 e. The summed E-state index contributed by atoms with van der Waals surface area (Å²) < 4.78 is 5.81. The zero-order chi connectivity index (χ0) is 18.4. The number of unbranched alkanes of at least 4 members (excludes halogenated alkanes) is 1. The average molecular weight is 374 g/mol. The zero-order valence-corrected chi connectivity index (χ0v) is 15.7. The largest absolute Gasteiger partial charge is 0.494 e. The second-order valence-electron chi connectivity index (χ2n) is 6.58. The van der Waals surface area contributed by atoms with Gasteiger partial charge in [0.2, 0.25) is 5.91 Å². The number of halogens is 1. The van der Waals surface area contributed by atoms with Gasteiger partial charge in [0, 0.05) is 18.3 Å². The van der Waals surface area contributed by atoms with Crippen LogP contribution in [0.2, 0.25) is 5.15 Å². The Morgan fingerprint density at radius 1 is 1.35 bits per heavy atom. The van der Waals surface area contributed by atoms with Crippen LogP contribution in [0, 0.1) is 5.92 Å². The molecule has 0 bridgehead atoms. The van der Waals surface area contributed by atoms with Crippen molar-refractivity contribution in [2.45, 2.75) is 45.1 Å². The van der Waals surface area contributed by atoms with Crippen LogP contribution in [0.1, 0.15) is 56.3 Å². The van der Waals surface area contributed by atoms with E-state index in [1.165, 1.54) is 0 Å². The number of hydrogen-bond donors (Lipinski definition) is 1. The lowest BCUT2D eigenvalue weighted by atomic mass is 9.84. The van der Waals surface area contributed by atoms with E-state index in [1.54, 1.807) is 12.4 Å². The Morgan fingerprint density at radius 3 is 2.85 bits per heavy atom. The highest BCUT2D eigenvalue weighted by molar-refractivity contribution is 6.30. The number of amides is 1. The standard InChI is InChI=1S/C20H24ClN3O2/c1-2-3-12-26-16-9-5-8-15(13-16)17(18-19(21)23-11-10-22-18)24-20(25)14-6-4-7-14/h5,8-11,13-14,17H,2-4,6-7,12H2,1H3,(H,24,25). The SMILES string of the molecule is CCCCOc1cccc(C(NC(=O)C2CCC2)c2nccnc2Cl)c1. The van der Waals surface area contributed by atoms with Gasteiger partial charge in [-0.2, -0.15) is 0 Å². The summed E-state index contributed by atoms with van der Waals surface area (Å²) in [5.41, 5.74) is 1.43. The molecule has 1 fully saturated rings. The molecule has 1 amide bonds. The van der Waals surface area contributed by atoms with Crippen molar-refractivity contribution in [2.24, 2.45) is 5.92 Å². The van der Waals surface area contributed by atoms with E-state index in [0.717, 1.165) is 43.4 Å². The quantitative estimate of drug-likeness (QED) is 0.700. The molecule has 1 heterocycles. The highest BCUT2D eigenvalue weighted by atomic mass is 35.5. The Hall–Kier alpha value is -2.14. The van der Waals surface area contributed by atoms with Gasteiger partial charge in [-0.05, 0) is 37.0 Å². The van der Waals surface area contributed by atoms with Crippen LogP contribution in [0.5, 0.6) is 5.75 Å². The molecule has 1 saturated carbocycles. The molecule has 1 aliphatic carbocycles. The summed E-state index contributed by atoms with van der Waals surface area (Å²) in [5, 5.41) is 3.40. The molecule has 1 aromatic carbocycles. The van der Waals surface area contributed by atoms with Crippen LogP contribution in [-0.2, 0) is 4.79 Å². The maximum absolute atomic E-state index is 12.6. The first kappa shape index (κ1) is 18.6. The molecular weight excluding hydrogens is 350 g/mol. The van der Waals surface area contributed by atoms with E-state index in [2.05, 4.69) is 22.2 Å². The predicted octanol–water partition coefficient (Wildman–Crippen LogP) is 4.31. The minimum absolute atomic E-state index is 0.0419. The first-order valence-electron chi connectivity index (χ1n) is 9.18. The molecule has 5 nitrogen and oxygen atoms in total. The number of carbonyl (C=O) groups excluding carboxylic acids is 1. The molecule has 2 aromatic rings. The van der Waals surface area contributed by atoms with E-state index in [1.807, 2.05) is 24.3 Å². The third-order valence-electron chi connectivity index (χ3n) is 4.67. The molecular formula is C20H24ClN3O2. The van der Waals surface area contributed by atoms with Gasteiger partial charge in [-0.3, -0.25) is 9.78 Å². The van der Waals surface area contributed by atoms with Crippen molar-refractivity contribution in [2.75, 3.05) is 6.61 Å². The number of ether oxygens (including phenoxy) is 1. The normalized spacial score (nSPS) is 15.2. The number of nitrogens with one attached hydrogen (secondary N) is 1. The second-order valence-corrected chi connectivity index (χ2v) is 6.93. The van der Waals surface area contributed by atoms with Crippen molar-refractivity contribution in [1.82, 2.24) is 15.3 Å². The van der Waals surface area contributed by atoms with Gasteiger partial charge in [0.05, 0.1) is 12.6 Å². The van der Waals surface area contributed by atoms with E-state index >= 15 is 0 Å². The third-order valence-corrected chi connectivity index (χ3v) is 4.96. The molecule has 0 spiro atoms. The molecule has 0 saturated heterocycles. The number of aromatic nitrogens is 2. The minimum Gasteiger partial charge on any atom is -0.494 e. The summed E-state index contributed by atoms with van der Waals surface area (Å²) in [5.74, 6) is 0.899. The van der Waals surface area contributed by atoms with Gasteiger partial charge in [-0.15, -0.1) is 0 Å². The van der Waals surface area contributed by atoms with E-state index in [4.69, 9.17) is 16.3 Å². The number of hydrogen-bond acceptors (Lipinski definition) is 4. The Morgan fingerprint density at radius 2 is 2.15 bits per heavy atom. The molecule has 1 unspecified atom stereocenters. The van der Waals surface area contributed by atoms with Crippen molar-refractivity contribution in [1.29, 1.82) is 0 Å². The topological polar surface area (TPSA) is 64.1 Å². The minimum atomic E-state index is -0.445. The van der Waals surface area contributed by atoms with Gasteiger partial charge >= 0.3 is 0 Å². The van der Waals surface area contributed by atoms with E-state index in [9.17, 15) is 4.79 Å². The van der Waals surface area contributed by atoms with Crippen molar-refractivity contribution < 1.29 is 9.53 Å². The summed E-state index contributed by atoms with van der Waals surface area (Å²) in [6.45, 7) is 2.80. The molecule has 26 heavy (non-hydrogen) atoms. The molecule has 0 aliphatic heterocycles. The summed E-state index contributed by atoms with van der Waals surface area (Å²) in [6, 6.07) is 7.28. The van der Waals surface area contributed by atoms with Crippen molar-refractivity contribution in [3.8, 4) is 5.75 Å². The molecule has 6 heteroatoms. The van der Waals surface area contributed by atoms with Crippen LogP contribution in [0.3, 0.4) is 0 Å². The Bertz CT molecular complexity index is 749. The van der Waals surface area contributed by atoms with Gasteiger partial charge in [0.15, 0.2) is 5.15 Å².